The zero-order valence-corrected chi connectivity index (χ0v) is 18.8. The summed E-state index contributed by atoms with van der Waals surface area (Å²) in [7, 11) is 0. The Labute approximate surface area is 188 Å². The van der Waals surface area contributed by atoms with Crippen molar-refractivity contribution in [2.75, 3.05) is 29.9 Å². The molecule has 1 atom stereocenters. The van der Waals surface area contributed by atoms with Gasteiger partial charge < -0.3 is 20.9 Å². The standard InChI is InChI=1S/C24H31F2N5O/c1-4-27-24(28-14-17-8-10-18(11-9-17)29-23(32)16(2)3)30-19-12-13-31(15-19)22-20(25)6-5-7-21(22)26/h5-11,16,19H,4,12-15H2,1-3H3,(H,29,32)(H2,27,28,30). The lowest BCUT2D eigenvalue weighted by molar-refractivity contribution is -0.118. The SMILES string of the molecule is CCNC(=NCc1ccc(NC(=O)C(C)C)cc1)NC1CCN(c2c(F)cccc2F)C1. The Bertz CT molecular complexity index is 926. The molecule has 1 heterocycles. The molecule has 1 unspecified atom stereocenters. The number of carbonyl (C=O) groups is 1. The van der Waals surface area contributed by atoms with Gasteiger partial charge in [0.2, 0.25) is 5.91 Å². The summed E-state index contributed by atoms with van der Waals surface area (Å²) in [5.41, 5.74) is 1.79. The van der Waals surface area contributed by atoms with E-state index in [1.165, 1.54) is 18.2 Å². The third-order valence-corrected chi connectivity index (χ3v) is 5.29. The fourth-order valence-electron chi connectivity index (χ4n) is 3.54. The number of halogens is 2. The van der Waals surface area contributed by atoms with Crippen LogP contribution in [0.4, 0.5) is 20.2 Å². The van der Waals surface area contributed by atoms with E-state index in [9.17, 15) is 13.6 Å². The van der Waals surface area contributed by atoms with Crippen LogP contribution in [0.2, 0.25) is 0 Å². The lowest BCUT2D eigenvalue weighted by Gasteiger charge is -2.21. The molecule has 2 aromatic rings. The van der Waals surface area contributed by atoms with E-state index < -0.39 is 11.6 Å². The minimum atomic E-state index is -0.542. The minimum Gasteiger partial charge on any atom is -0.365 e. The second kappa shape index (κ2) is 10.9. The summed E-state index contributed by atoms with van der Waals surface area (Å²) in [5.74, 6) is -0.520. The van der Waals surface area contributed by atoms with Crippen molar-refractivity contribution in [1.82, 2.24) is 10.6 Å². The summed E-state index contributed by atoms with van der Waals surface area (Å²) in [6, 6.07) is 11.6. The first-order valence-electron chi connectivity index (χ1n) is 11.0. The van der Waals surface area contributed by atoms with E-state index in [1.807, 2.05) is 45.0 Å². The van der Waals surface area contributed by atoms with Crippen LogP contribution in [0, 0.1) is 17.6 Å². The molecule has 1 fully saturated rings. The van der Waals surface area contributed by atoms with E-state index in [-0.39, 0.29) is 23.6 Å². The molecule has 6 nitrogen and oxygen atoms in total. The molecule has 2 aromatic carbocycles. The number of para-hydroxylation sites is 1. The number of benzene rings is 2. The Hall–Kier alpha value is -3.16. The van der Waals surface area contributed by atoms with Crippen LogP contribution in [0.1, 0.15) is 32.8 Å². The van der Waals surface area contributed by atoms with Gasteiger partial charge in [0.15, 0.2) is 5.96 Å². The summed E-state index contributed by atoms with van der Waals surface area (Å²) >= 11 is 0. The van der Waals surface area contributed by atoms with Gasteiger partial charge >= 0.3 is 0 Å². The fraction of sp³-hybridized carbons (Fsp3) is 0.417. The Kier molecular flexibility index (Phi) is 8.03. The van der Waals surface area contributed by atoms with E-state index in [1.54, 1.807) is 4.90 Å². The molecule has 1 aliphatic rings. The first kappa shape index (κ1) is 23.5. The first-order valence-corrected chi connectivity index (χ1v) is 11.0. The molecule has 3 rings (SSSR count). The summed E-state index contributed by atoms with van der Waals surface area (Å²) in [5, 5.41) is 9.46. The third kappa shape index (κ3) is 6.18. The molecular formula is C24H31F2N5O. The summed E-state index contributed by atoms with van der Waals surface area (Å²) in [6.45, 7) is 7.91. The van der Waals surface area contributed by atoms with E-state index in [0.717, 1.165) is 17.7 Å². The second-order valence-electron chi connectivity index (χ2n) is 8.18. The van der Waals surface area contributed by atoms with Crippen molar-refractivity contribution in [3.63, 3.8) is 0 Å². The van der Waals surface area contributed by atoms with Crippen molar-refractivity contribution in [2.45, 2.75) is 39.8 Å². The smallest absolute Gasteiger partial charge is 0.226 e. The monoisotopic (exact) mass is 443 g/mol. The van der Waals surface area contributed by atoms with E-state index >= 15 is 0 Å². The minimum absolute atomic E-state index is 0.0183. The second-order valence-corrected chi connectivity index (χ2v) is 8.18. The largest absolute Gasteiger partial charge is 0.365 e. The molecule has 0 saturated carbocycles. The zero-order chi connectivity index (χ0) is 23.1. The van der Waals surface area contributed by atoms with Crippen molar-refractivity contribution in [3.05, 3.63) is 59.7 Å². The molecule has 0 aliphatic carbocycles. The summed E-state index contributed by atoms with van der Waals surface area (Å²) in [4.78, 5) is 18.2. The predicted molar refractivity (Wildman–Crippen MR) is 125 cm³/mol. The molecule has 0 radical (unpaired) electrons. The highest BCUT2D eigenvalue weighted by Gasteiger charge is 2.27. The van der Waals surface area contributed by atoms with E-state index in [2.05, 4.69) is 20.9 Å². The van der Waals surface area contributed by atoms with Gasteiger partial charge in [0.25, 0.3) is 0 Å². The molecule has 1 aliphatic heterocycles. The van der Waals surface area contributed by atoms with Crippen molar-refractivity contribution < 1.29 is 13.6 Å². The normalized spacial score (nSPS) is 16.4. The van der Waals surface area contributed by atoms with Crippen LogP contribution < -0.4 is 20.9 Å². The van der Waals surface area contributed by atoms with Crippen molar-refractivity contribution in [3.8, 4) is 0 Å². The molecule has 0 spiro atoms. The molecule has 172 valence electrons. The lowest BCUT2D eigenvalue weighted by atomic mass is 10.1. The molecular weight excluding hydrogens is 412 g/mol. The number of nitrogens with zero attached hydrogens (tertiary/aromatic N) is 2. The average Bonchev–Trinajstić information content (AvgIpc) is 3.21. The number of aliphatic imine (C=N–C) groups is 1. The van der Waals surface area contributed by atoms with Gasteiger partial charge in [0.05, 0.1) is 6.54 Å². The van der Waals surface area contributed by atoms with Gasteiger partial charge in [-0.15, -0.1) is 0 Å². The quantitative estimate of drug-likeness (QED) is 0.449. The molecule has 3 N–H and O–H groups in total. The van der Waals surface area contributed by atoms with Crippen molar-refractivity contribution in [2.24, 2.45) is 10.9 Å². The molecule has 0 aromatic heterocycles. The Morgan fingerprint density at radius 1 is 1.16 bits per heavy atom. The zero-order valence-electron chi connectivity index (χ0n) is 18.8. The van der Waals surface area contributed by atoms with Gasteiger partial charge in [-0.2, -0.15) is 0 Å². The third-order valence-electron chi connectivity index (χ3n) is 5.29. The fourth-order valence-corrected chi connectivity index (χ4v) is 3.54. The topological polar surface area (TPSA) is 68.8 Å². The highest BCUT2D eigenvalue weighted by Crippen LogP contribution is 2.26. The van der Waals surface area contributed by atoms with Crippen LogP contribution in [0.25, 0.3) is 0 Å². The number of guanidine groups is 1. The maximum atomic E-state index is 14.1. The van der Waals surface area contributed by atoms with Gasteiger partial charge in [-0.05, 0) is 43.2 Å². The van der Waals surface area contributed by atoms with Crippen LogP contribution in [-0.4, -0.2) is 37.5 Å². The maximum absolute atomic E-state index is 14.1. The van der Waals surface area contributed by atoms with Crippen LogP contribution in [0.15, 0.2) is 47.5 Å². The number of hydrogen-bond acceptors (Lipinski definition) is 3. The van der Waals surface area contributed by atoms with Crippen LogP contribution >= 0.6 is 0 Å². The molecule has 32 heavy (non-hydrogen) atoms. The van der Waals surface area contributed by atoms with E-state index in [0.29, 0.717) is 32.1 Å². The molecule has 0 bridgehead atoms. The first-order chi connectivity index (χ1) is 15.4. The van der Waals surface area contributed by atoms with Gasteiger partial charge in [0.1, 0.15) is 17.3 Å². The van der Waals surface area contributed by atoms with Crippen LogP contribution in [0.5, 0.6) is 0 Å². The Morgan fingerprint density at radius 3 is 2.47 bits per heavy atom. The number of hydrogen-bond donors (Lipinski definition) is 3. The number of amides is 1. The number of carbonyl (C=O) groups excluding carboxylic acids is 1. The van der Waals surface area contributed by atoms with Crippen LogP contribution in [-0.2, 0) is 11.3 Å². The predicted octanol–water partition coefficient (Wildman–Crippen LogP) is 3.89. The number of nitrogens with one attached hydrogen (secondary N) is 3. The van der Waals surface area contributed by atoms with Gasteiger partial charge in [0, 0.05) is 37.3 Å². The average molecular weight is 444 g/mol. The number of rotatable bonds is 7. The maximum Gasteiger partial charge on any atom is 0.226 e. The molecule has 1 amide bonds. The van der Waals surface area contributed by atoms with Gasteiger partial charge in [-0.25, -0.2) is 13.8 Å². The highest BCUT2D eigenvalue weighted by molar-refractivity contribution is 5.92. The van der Waals surface area contributed by atoms with Crippen molar-refractivity contribution in [1.29, 1.82) is 0 Å². The number of anilines is 2. The Balaban J connectivity index is 1.59. The Morgan fingerprint density at radius 2 is 1.84 bits per heavy atom. The lowest BCUT2D eigenvalue weighted by Crippen LogP contribution is -2.44. The van der Waals surface area contributed by atoms with Gasteiger partial charge in [-0.1, -0.05) is 32.0 Å². The molecule has 1 saturated heterocycles. The summed E-state index contributed by atoms with van der Waals surface area (Å²) < 4.78 is 28.2. The van der Waals surface area contributed by atoms with Crippen molar-refractivity contribution >= 4 is 23.2 Å². The summed E-state index contributed by atoms with van der Waals surface area (Å²) in [6.07, 6.45) is 0.752. The van der Waals surface area contributed by atoms with Gasteiger partial charge in [-0.3, -0.25) is 4.79 Å². The highest BCUT2D eigenvalue weighted by atomic mass is 19.1. The molecule has 8 heteroatoms. The van der Waals surface area contributed by atoms with E-state index in [4.69, 9.17) is 0 Å². The van der Waals surface area contributed by atoms with Crippen LogP contribution in [0.3, 0.4) is 0 Å².